The second kappa shape index (κ2) is 7.25. The smallest absolute Gasteiger partial charge is 0.240 e. The number of carbonyl (C=O) groups excluding carboxylic acids is 1. The Labute approximate surface area is 118 Å². The molecule has 1 fully saturated rings. The molecular formula is C15H31N3O. The quantitative estimate of drug-likeness (QED) is 0.768. The van der Waals surface area contributed by atoms with Gasteiger partial charge in [0.25, 0.3) is 0 Å². The molecule has 0 aliphatic carbocycles. The zero-order valence-electron chi connectivity index (χ0n) is 13.4. The molecule has 19 heavy (non-hydrogen) atoms. The maximum absolute atomic E-state index is 12.2. The van der Waals surface area contributed by atoms with Crippen molar-refractivity contribution in [3.8, 4) is 0 Å². The van der Waals surface area contributed by atoms with Gasteiger partial charge in [-0.15, -0.1) is 0 Å². The first-order valence-corrected chi connectivity index (χ1v) is 7.70. The molecule has 0 aromatic rings. The summed E-state index contributed by atoms with van der Waals surface area (Å²) in [6.07, 6.45) is 2.37. The van der Waals surface area contributed by atoms with Crippen molar-refractivity contribution in [3.63, 3.8) is 0 Å². The predicted octanol–water partition coefficient (Wildman–Crippen LogP) is 2.05. The molecular weight excluding hydrogens is 238 g/mol. The van der Waals surface area contributed by atoms with Gasteiger partial charge in [0.1, 0.15) is 0 Å². The summed E-state index contributed by atoms with van der Waals surface area (Å²) in [5.74, 6) is 0.255. The summed E-state index contributed by atoms with van der Waals surface area (Å²) < 4.78 is 0. The van der Waals surface area contributed by atoms with E-state index >= 15 is 0 Å². The second-order valence-electron chi connectivity index (χ2n) is 6.15. The van der Waals surface area contributed by atoms with Gasteiger partial charge in [0, 0.05) is 25.2 Å². The van der Waals surface area contributed by atoms with Crippen LogP contribution in [0.5, 0.6) is 0 Å². The lowest BCUT2D eigenvalue weighted by molar-refractivity contribution is -0.130. The Morgan fingerprint density at radius 3 is 2.32 bits per heavy atom. The molecule has 4 heteroatoms. The van der Waals surface area contributed by atoms with E-state index in [0.717, 1.165) is 25.9 Å². The highest BCUT2D eigenvalue weighted by Crippen LogP contribution is 2.15. The van der Waals surface area contributed by atoms with Crippen molar-refractivity contribution in [2.75, 3.05) is 13.1 Å². The van der Waals surface area contributed by atoms with Gasteiger partial charge >= 0.3 is 0 Å². The Balaban J connectivity index is 2.60. The van der Waals surface area contributed by atoms with E-state index in [1.54, 1.807) is 0 Å². The van der Waals surface area contributed by atoms with Crippen LogP contribution in [0.25, 0.3) is 0 Å². The molecule has 1 saturated heterocycles. The molecule has 0 aromatic heterocycles. The summed E-state index contributed by atoms with van der Waals surface area (Å²) in [5, 5.41) is 3.39. The van der Waals surface area contributed by atoms with Crippen LogP contribution in [0.2, 0.25) is 0 Å². The van der Waals surface area contributed by atoms with Crippen LogP contribution in [0.1, 0.15) is 54.4 Å². The highest BCUT2D eigenvalue weighted by molar-refractivity contribution is 5.83. The van der Waals surface area contributed by atoms with Crippen molar-refractivity contribution < 1.29 is 4.79 Å². The zero-order chi connectivity index (χ0) is 14.6. The van der Waals surface area contributed by atoms with Gasteiger partial charge in [0.2, 0.25) is 5.91 Å². The molecule has 0 spiro atoms. The van der Waals surface area contributed by atoms with Gasteiger partial charge in [-0.1, -0.05) is 13.3 Å². The number of hydrogen-bond donors (Lipinski definition) is 1. The van der Waals surface area contributed by atoms with E-state index in [0.29, 0.717) is 12.1 Å². The van der Waals surface area contributed by atoms with E-state index < -0.39 is 0 Å². The van der Waals surface area contributed by atoms with E-state index in [1.807, 2.05) is 11.8 Å². The highest BCUT2D eigenvalue weighted by Gasteiger charge is 2.35. The molecule has 2 atom stereocenters. The van der Waals surface area contributed by atoms with Gasteiger partial charge in [0.15, 0.2) is 0 Å². The summed E-state index contributed by atoms with van der Waals surface area (Å²) in [7, 11) is 0. The SMILES string of the molecule is CCCC1NC(C)C(=O)N1CCN(C(C)C)C(C)C. The number of nitrogens with zero attached hydrogens (tertiary/aromatic N) is 2. The standard InChI is InChI=1S/C15H31N3O/c1-7-8-14-16-13(6)15(19)18(14)10-9-17(11(2)3)12(4)5/h11-14,16H,7-10H2,1-6H3. The molecule has 112 valence electrons. The van der Waals surface area contributed by atoms with Crippen molar-refractivity contribution in [1.82, 2.24) is 15.1 Å². The Morgan fingerprint density at radius 2 is 1.84 bits per heavy atom. The van der Waals surface area contributed by atoms with Crippen LogP contribution in [0.3, 0.4) is 0 Å². The summed E-state index contributed by atoms with van der Waals surface area (Å²) in [6.45, 7) is 14.8. The fraction of sp³-hybridized carbons (Fsp3) is 0.933. The average Bonchev–Trinajstić information content (AvgIpc) is 2.56. The van der Waals surface area contributed by atoms with Crippen LogP contribution < -0.4 is 5.32 Å². The number of carbonyl (C=O) groups is 1. The van der Waals surface area contributed by atoms with E-state index in [2.05, 4.69) is 44.8 Å². The van der Waals surface area contributed by atoms with Gasteiger partial charge in [-0.2, -0.15) is 0 Å². The van der Waals surface area contributed by atoms with E-state index in [-0.39, 0.29) is 18.1 Å². The van der Waals surface area contributed by atoms with Gasteiger partial charge in [-0.05, 0) is 41.0 Å². The van der Waals surface area contributed by atoms with Crippen molar-refractivity contribution in [2.45, 2.75) is 78.7 Å². The minimum Gasteiger partial charge on any atom is -0.325 e. The highest BCUT2D eigenvalue weighted by atomic mass is 16.2. The van der Waals surface area contributed by atoms with Gasteiger partial charge in [-0.3, -0.25) is 15.0 Å². The van der Waals surface area contributed by atoms with Gasteiger partial charge in [0.05, 0.1) is 12.2 Å². The summed E-state index contributed by atoms with van der Waals surface area (Å²) in [4.78, 5) is 16.7. The fourth-order valence-corrected chi connectivity index (χ4v) is 2.97. The number of hydrogen-bond acceptors (Lipinski definition) is 3. The Morgan fingerprint density at radius 1 is 1.26 bits per heavy atom. The first kappa shape index (κ1) is 16.4. The van der Waals surface area contributed by atoms with E-state index in [1.165, 1.54) is 0 Å². The number of amides is 1. The minimum absolute atomic E-state index is 0.0249. The van der Waals surface area contributed by atoms with Crippen LogP contribution in [-0.2, 0) is 4.79 Å². The molecule has 1 aliphatic heterocycles. The van der Waals surface area contributed by atoms with Crippen LogP contribution in [0.15, 0.2) is 0 Å². The van der Waals surface area contributed by atoms with Crippen LogP contribution in [0, 0.1) is 0 Å². The lowest BCUT2D eigenvalue weighted by atomic mass is 10.2. The lowest BCUT2D eigenvalue weighted by Gasteiger charge is -2.33. The second-order valence-corrected chi connectivity index (χ2v) is 6.15. The Bertz CT molecular complexity index is 283. The fourth-order valence-electron chi connectivity index (χ4n) is 2.97. The Hall–Kier alpha value is -0.610. The monoisotopic (exact) mass is 269 g/mol. The predicted molar refractivity (Wildman–Crippen MR) is 80.0 cm³/mol. The molecule has 0 radical (unpaired) electrons. The summed E-state index contributed by atoms with van der Waals surface area (Å²) >= 11 is 0. The van der Waals surface area contributed by atoms with Gasteiger partial charge in [-0.25, -0.2) is 0 Å². The topological polar surface area (TPSA) is 35.6 Å². The number of rotatable bonds is 7. The summed E-state index contributed by atoms with van der Waals surface area (Å²) in [6, 6.07) is 1.02. The van der Waals surface area contributed by atoms with E-state index in [4.69, 9.17) is 0 Å². The molecule has 0 saturated carbocycles. The van der Waals surface area contributed by atoms with Crippen molar-refractivity contribution >= 4 is 5.91 Å². The molecule has 1 N–H and O–H groups in total. The maximum atomic E-state index is 12.2. The zero-order valence-corrected chi connectivity index (χ0v) is 13.4. The lowest BCUT2D eigenvalue weighted by Crippen LogP contribution is -2.46. The third kappa shape index (κ3) is 4.18. The third-order valence-electron chi connectivity index (χ3n) is 3.96. The summed E-state index contributed by atoms with van der Waals surface area (Å²) in [5.41, 5.74) is 0. The molecule has 1 aliphatic rings. The van der Waals surface area contributed by atoms with Crippen molar-refractivity contribution in [1.29, 1.82) is 0 Å². The van der Waals surface area contributed by atoms with Gasteiger partial charge < -0.3 is 4.90 Å². The third-order valence-corrected chi connectivity index (χ3v) is 3.96. The molecule has 2 unspecified atom stereocenters. The molecule has 1 rings (SSSR count). The van der Waals surface area contributed by atoms with E-state index in [9.17, 15) is 4.79 Å². The molecule has 1 amide bonds. The molecule has 4 nitrogen and oxygen atoms in total. The van der Waals surface area contributed by atoms with Crippen LogP contribution >= 0.6 is 0 Å². The molecule has 1 heterocycles. The molecule has 0 bridgehead atoms. The number of nitrogens with one attached hydrogen (secondary N) is 1. The van der Waals surface area contributed by atoms with Crippen molar-refractivity contribution in [2.24, 2.45) is 0 Å². The minimum atomic E-state index is -0.0249. The van der Waals surface area contributed by atoms with Crippen molar-refractivity contribution in [3.05, 3.63) is 0 Å². The maximum Gasteiger partial charge on any atom is 0.240 e. The van der Waals surface area contributed by atoms with Crippen LogP contribution in [-0.4, -0.2) is 53.1 Å². The first-order valence-electron chi connectivity index (χ1n) is 7.70. The normalized spacial score (nSPS) is 24.3. The average molecular weight is 269 g/mol. The first-order chi connectivity index (χ1) is 8.88. The Kier molecular flexibility index (Phi) is 6.27. The van der Waals surface area contributed by atoms with Crippen LogP contribution in [0.4, 0.5) is 0 Å². The largest absolute Gasteiger partial charge is 0.325 e. The molecule has 0 aromatic carbocycles.